The Kier molecular flexibility index (Phi) is 3.56. The minimum absolute atomic E-state index is 0.172. The van der Waals surface area contributed by atoms with E-state index in [2.05, 4.69) is 0 Å². The van der Waals surface area contributed by atoms with Crippen LogP contribution in [-0.4, -0.2) is 6.54 Å². The van der Waals surface area contributed by atoms with Crippen molar-refractivity contribution < 1.29 is 0 Å². The maximum Gasteiger partial charge on any atom is 0.0624 e. The van der Waals surface area contributed by atoms with Gasteiger partial charge < -0.3 is 11.5 Å². The zero-order valence-electron chi connectivity index (χ0n) is 7.35. The van der Waals surface area contributed by atoms with Crippen molar-refractivity contribution >= 4 is 23.2 Å². The zero-order valence-corrected chi connectivity index (χ0v) is 8.86. The summed E-state index contributed by atoms with van der Waals surface area (Å²) in [6.07, 6.45) is 0. The molecule has 0 amide bonds. The molecule has 2 nitrogen and oxygen atoms in total. The topological polar surface area (TPSA) is 52.0 Å². The maximum atomic E-state index is 5.96. The fraction of sp³-hybridized carbons (Fsp3) is 0.333. The van der Waals surface area contributed by atoms with E-state index >= 15 is 0 Å². The van der Waals surface area contributed by atoms with Crippen LogP contribution in [0.3, 0.4) is 0 Å². The predicted molar refractivity (Wildman–Crippen MR) is 57.2 cm³/mol. The van der Waals surface area contributed by atoms with Crippen molar-refractivity contribution in [2.45, 2.75) is 13.0 Å². The van der Waals surface area contributed by atoms with E-state index in [0.717, 1.165) is 11.1 Å². The van der Waals surface area contributed by atoms with Gasteiger partial charge in [-0.25, -0.2) is 0 Å². The summed E-state index contributed by atoms with van der Waals surface area (Å²) in [6.45, 7) is 2.29. The quantitative estimate of drug-likeness (QED) is 0.801. The maximum absolute atomic E-state index is 5.96. The smallest absolute Gasteiger partial charge is 0.0624 e. The molecule has 0 aliphatic rings. The highest BCUT2D eigenvalue weighted by Crippen LogP contribution is 2.29. The minimum atomic E-state index is -0.172. The van der Waals surface area contributed by atoms with Gasteiger partial charge in [-0.2, -0.15) is 0 Å². The molecule has 4 heteroatoms. The predicted octanol–water partition coefficient (Wildman–Crippen LogP) is 2.26. The molecule has 1 atom stereocenters. The summed E-state index contributed by atoms with van der Waals surface area (Å²) < 4.78 is 0. The molecule has 1 aromatic carbocycles. The van der Waals surface area contributed by atoms with Crippen molar-refractivity contribution in [2.24, 2.45) is 11.5 Å². The van der Waals surface area contributed by atoms with E-state index < -0.39 is 0 Å². The van der Waals surface area contributed by atoms with Crippen LogP contribution in [0.1, 0.15) is 17.2 Å². The molecule has 0 heterocycles. The third kappa shape index (κ3) is 2.15. The van der Waals surface area contributed by atoms with Gasteiger partial charge in [-0.1, -0.05) is 29.3 Å². The summed E-state index contributed by atoms with van der Waals surface area (Å²) in [5, 5.41) is 1.11. The lowest BCUT2D eigenvalue weighted by Gasteiger charge is -2.14. The molecular weight excluding hydrogens is 207 g/mol. The van der Waals surface area contributed by atoms with Crippen LogP contribution in [-0.2, 0) is 0 Å². The molecule has 0 unspecified atom stereocenters. The SMILES string of the molecule is Cc1c([C@H](N)CN)ccc(Cl)c1Cl. The Morgan fingerprint density at radius 2 is 2.00 bits per heavy atom. The molecule has 1 rings (SSSR count). The summed E-state index contributed by atoms with van der Waals surface area (Å²) in [5.74, 6) is 0. The van der Waals surface area contributed by atoms with Crippen molar-refractivity contribution in [1.29, 1.82) is 0 Å². The summed E-state index contributed by atoms with van der Waals surface area (Å²) >= 11 is 11.8. The average Bonchev–Trinajstić information content (AvgIpc) is 2.13. The zero-order chi connectivity index (χ0) is 10.0. The monoisotopic (exact) mass is 218 g/mol. The fourth-order valence-corrected chi connectivity index (χ4v) is 1.57. The third-order valence-electron chi connectivity index (χ3n) is 2.03. The van der Waals surface area contributed by atoms with Gasteiger partial charge in [0.05, 0.1) is 10.0 Å². The third-order valence-corrected chi connectivity index (χ3v) is 2.93. The van der Waals surface area contributed by atoms with Crippen LogP contribution in [0, 0.1) is 6.92 Å². The molecule has 0 aromatic heterocycles. The van der Waals surface area contributed by atoms with Crippen LogP contribution < -0.4 is 11.5 Å². The summed E-state index contributed by atoms with van der Waals surface area (Å²) in [6, 6.07) is 3.43. The first-order chi connectivity index (χ1) is 6.07. The second-order valence-electron chi connectivity index (χ2n) is 2.92. The normalized spacial score (nSPS) is 13.0. The lowest BCUT2D eigenvalue weighted by atomic mass is 10.0. The van der Waals surface area contributed by atoms with Gasteiger partial charge in [0.2, 0.25) is 0 Å². The van der Waals surface area contributed by atoms with Gasteiger partial charge in [0.15, 0.2) is 0 Å². The first kappa shape index (κ1) is 10.8. The summed E-state index contributed by atoms with van der Waals surface area (Å²) in [5.41, 5.74) is 13.1. The Morgan fingerprint density at radius 1 is 1.38 bits per heavy atom. The van der Waals surface area contributed by atoms with Gasteiger partial charge in [0.1, 0.15) is 0 Å². The van der Waals surface area contributed by atoms with E-state index in [4.69, 9.17) is 34.7 Å². The summed E-state index contributed by atoms with van der Waals surface area (Å²) in [4.78, 5) is 0. The Balaban J connectivity index is 3.18. The van der Waals surface area contributed by atoms with E-state index in [-0.39, 0.29) is 6.04 Å². The number of benzene rings is 1. The van der Waals surface area contributed by atoms with Gasteiger partial charge in [0.25, 0.3) is 0 Å². The van der Waals surface area contributed by atoms with Crippen LogP contribution in [0.2, 0.25) is 10.0 Å². The molecule has 13 heavy (non-hydrogen) atoms. The van der Waals surface area contributed by atoms with Crippen LogP contribution in [0.4, 0.5) is 0 Å². The first-order valence-electron chi connectivity index (χ1n) is 3.98. The van der Waals surface area contributed by atoms with Crippen molar-refractivity contribution in [2.75, 3.05) is 6.54 Å². The Hall–Kier alpha value is -0.280. The molecule has 0 saturated heterocycles. The van der Waals surface area contributed by atoms with Crippen LogP contribution >= 0.6 is 23.2 Å². The molecular formula is C9H12Cl2N2. The van der Waals surface area contributed by atoms with Gasteiger partial charge in [-0.3, -0.25) is 0 Å². The molecule has 72 valence electrons. The number of hydrogen-bond donors (Lipinski definition) is 2. The Morgan fingerprint density at radius 3 is 2.54 bits per heavy atom. The van der Waals surface area contributed by atoms with Crippen LogP contribution in [0.15, 0.2) is 12.1 Å². The lowest BCUT2D eigenvalue weighted by molar-refractivity contribution is 0.732. The van der Waals surface area contributed by atoms with E-state index in [1.54, 1.807) is 6.07 Å². The van der Waals surface area contributed by atoms with Crippen molar-refractivity contribution in [3.05, 3.63) is 33.3 Å². The molecule has 0 bridgehead atoms. The molecule has 4 N–H and O–H groups in total. The van der Waals surface area contributed by atoms with Gasteiger partial charge >= 0.3 is 0 Å². The highest BCUT2D eigenvalue weighted by atomic mass is 35.5. The molecule has 0 aliphatic heterocycles. The summed E-state index contributed by atoms with van der Waals surface area (Å²) in [7, 11) is 0. The molecule has 0 spiro atoms. The number of rotatable bonds is 2. The highest BCUT2D eigenvalue weighted by molar-refractivity contribution is 6.42. The molecule has 0 saturated carbocycles. The fourth-order valence-electron chi connectivity index (χ4n) is 1.20. The van der Waals surface area contributed by atoms with Crippen molar-refractivity contribution in [3.63, 3.8) is 0 Å². The number of halogens is 2. The number of nitrogens with two attached hydrogens (primary N) is 2. The molecule has 0 radical (unpaired) electrons. The van der Waals surface area contributed by atoms with Crippen molar-refractivity contribution in [1.82, 2.24) is 0 Å². The molecule has 0 aliphatic carbocycles. The lowest BCUT2D eigenvalue weighted by Crippen LogP contribution is -2.21. The van der Waals surface area contributed by atoms with Crippen LogP contribution in [0.5, 0.6) is 0 Å². The minimum Gasteiger partial charge on any atom is -0.329 e. The van der Waals surface area contributed by atoms with Crippen molar-refractivity contribution in [3.8, 4) is 0 Å². The van der Waals surface area contributed by atoms with E-state index in [0.29, 0.717) is 16.6 Å². The average molecular weight is 219 g/mol. The van der Waals surface area contributed by atoms with E-state index in [1.807, 2.05) is 13.0 Å². The Labute approximate surface area is 87.8 Å². The standard InChI is InChI=1S/C9H12Cl2N2/c1-5-6(8(13)4-12)2-3-7(10)9(5)11/h2-3,8H,4,12-13H2,1H3/t8-/m1/s1. The Bertz CT molecular complexity index is 313. The largest absolute Gasteiger partial charge is 0.329 e. The second-order valence-corrected chi connectivity index (χ2v) is 3.70. The first-order valence-corrected chi connectivity index (χ1v) is 4.73. The highest BCUT2D eigenvalue weighted by Gasteiger charge is 2.11. The second kappa shape index (κ2) is 4.29. The van der Waals surface area contributed by atoms with Crippen LogP contribution in [0.25, 0.3) is 0 Å². The molecule has 1 aromatic rings. The van der Waals surface area contributed by atoms with Gasteiger partial charge in [0, 0.05) is 12.6 Å². The van der Waals surface area contributed by atoms with E-state index in [9.17, 15) is 0 Å². The van der Waals surface area contributed by atoms with Gasteiger partial charge in [-0.05, 0) is 24.1 Å². The number of hydrogen-bond acceptors (Lipinski definition) is 2. The van der Waals surface area contributed by atoms with Gasteiger partial charge in [-0.15, -0.1) is 0 Å². The molecule has 0 fully saturated rings. The van der Waals surface area contributed by atoms with E-state index in [1.165, 1.54) is 0 Å².